The quantitative estimate of drug-likeness (QED) is 0.460. The van der Waals surface area contributed by atoms with Crippen LogP contribution in [0.2, 0.25) is 0 Å². The number of benzene rings is 2. The maximum absolute atomic E-state index is 14.6. The Labute approximate surface area is 214 Å². The highest BCUT2D eigenvalue weighted by Gasteiger charge is 2.63. The van der Waals surface area contributed by atoms with E-state index >= 15 is 0 Å². The van der Waals surface area contributed by atoms with E-state index in [2.05, 4.69) is 5.10 Å². The second-order valence-electron chi connectivity index (χ2n) is 9.50. The molecular weight excluding hydrogens is 541 g/mol. The molecule has 1 atom stereocenters. The summed E-state index contributed by atoms with van der Waals surface area (Å²) in [6, 6.07) is 7.21. The minimum atomic E-state index is -5.91. The standard InChI is InChI=1S/C24H23F7N4O2S/c25-15-4-7-19(20(26)12-15)21-14-22(23(27,28)24(29,30)31)32-35(21)17-3-1-2-16(13-17)33-8-10-34(11-9-33)38(36,37)18-5-6-18/h1-4,7,12-13,18,21H,5-6,8-11,14H2. The van der Waals surface area contributed by atoms with Crippen LogP contribution in [0.1, 0.15) is 30.9 Å². The molecule has 0 spiro atoms. The van der Waals surface area contributed by atoms with E-state index in [-0.39, 0.29) is 29.6 Å². The van der Waals surface area contributed by atoms with Crippen molar-refractivity contribution in [3.05, 3.63) is 59.7 Å². The topological polar surface area (TPSA) is 56.2 Å². The Morgan fingerprint density at radius 1 is 0.868 bits per heavy atom. The maximum atomic E-state index is 14.6. The SMILES string of the molecule is O=S(=O)(C1CC1)N1CCN(c2cccc(N3N=C(C(F)(F)C(F)(F)F)CC3c3ccc(F)cc3F)c2)CC1. The van der Waals surface area contributed by atoms with Crippen LogP contribution in [0, 0.1) is 11.6 Å². The number of anilines is 2. The molecule has 38 heavy (non-hydrogen) atoms. The van der Waals surface area contributed by atoms with Gasteiger partial charge in [-0.2, -0.15) is 31.4 Å². The molecule has 0 bridgehead atoms. The molecule has 3 aliphatic rings. The Morgan fingerprint density at radius 2 is 1.53 bits per heavy atom. The number of rotatable bonds is 6. The number of piperazine rings is 1. The molecule has 6 nitrogen and oxygen atoms in total. The van der Waals surface area contributed by atoms with E-state index in [1.165, 1.54) is 16.4 Å². The van der Waals surface area contributed by atoms with Gasteiger partial charge in [0.25, 0.3) is 0 Å². The molecule has 0 radical (unpaired) electrons. The predicted octanol–water partition coefficient (Wildman–Crippen LogP) is 5.08. The van der Waals surface area contributed by atoms with Gasteiger partial charge in [-0.15, -0.1) is 0 Å². The van der Waals surface area contributed by atoms with Gasteiger partial charge in [0.05, 0.1) is 17.0 Å². The lowest BCUT2D eigenvalue weighted by atomic mass is 9.98. The molecule has 2 heterocycles. The van der Waals surface area contributed by atoms with Crippen LogP contribution in [0.25, 0.3) is 0 Å². The molecule has 14 heteroatoms. The lowest BCUT2D eigenvalue weighted by molar-refractivity contribution is -0.249. The second kappa shape index (κ2) is 9.40. The third-order valence-electron chi connectivity index (χ3n) is 6.95. The molecule has 1 aliphatic carbocycles. The normalized spacial score (nSPS) is 21.7. The van der Waals surface area contributed by atoms with Gasteiger partial charge in [-0.25, -0.2) is 17.2 Å². The third kappa shape index (κ3) is 4.83. The molecule has 2 aromatic carbocycles. The van der Waals surface area contributed by atoms with E-state index in [1.54, 1.807) is 12.1 Å². The average molecular weight is 565 g/mol. The number of hydrazone groups is 1. The minimum Gasteiger partial charge on any atom is -0.369 e. The lowest BCUT2D eigenvalue weighted by Crippen LogP contribution is -2.49. The largest absolute Gasteiger partial charge is 0.459 e. The number of sulfonamides is 1. The second-order valence-corrected chi connectivity index (χ2v) is 11.7. The van der Waals surface area contributed by atoms with Gasteiger partial charge in [0.2, 0.25) is 10.0 Å². The first-order valence-corrected chi connectivity index (χ1v) is 13.4. The Bertz CT molecular complexity index is 1350. The van der Waals surface area contributed by atoms with Crippen molar-refractivity contribution in [1.82, 2.24) is 4.31 Å². The van der Waals surface area contributed by atoms with Crippen molar-refractivity contribution >= 4 is 27.1 Å². The first-order chi connectivity index (χ1) is 17.8. The molecule has 2 aliphatic heterocycles. The summed E-state index contributed by atoms with van der Waals surface area (Å²) in [6.07, 6.45) is -5.55. The third-order valence-corrected chi connectivity index (χ3v) is 9.35. The number of hydrogen-bond acceptors (Lipinski definition) is 5. The fourth-order valence-corrected chi connectivity index (χ4v) is 6.55. The van der Waals surface area contributed by atoms with Crippen molar-refractivity contribution in [3.8, 4) is 0 Å². The van der Waals surface area contributed by atoms with Crippen LogP contribution in [-0.2, 0) is 10.0 Å². The van der Waals surface area contributed by atoms with Crippen LogP contribution in [0.4, 0.5) is 42.1 Å². The van der Waals surface area contributed by atoms with Crippen LogP contribution in [0.5, 0.6) is 0 Å². The zero-order valence-corrected chi connectivity index (χ0v) is 20.6. The zero-order chi connectivity index (χ0) is 27.5. The molecule has 1 unspecified atom stereocenters. The molecule has 206 valence electrons. The maximum Gasteiger partial charge on any atom is 0.459 e. The summed E-state index contributed by atoms with van der Waals surface area (Å²) in [5.41, 5.74) is -1.08. The fourth-order valence-electron chi connectivity index (χ4n) is 4.73. The van der Waals surface area contributed by atoms with Gasteiger partial charge in [0, 0.05) is 49.9 Å². The highest BCUT2D eigenvalue weighted by atomic mass is 32.2. The Balaban J connectivity index is 1.44. The van der Waals surface area contributed by atoms with Crippen LogP contribution in [0.15, 0.2) is 47.6 Å². The van der Waals surface area contributed by atoms with Gasteiger partial charge >= 0.3 is 12.1 Å². The first-order valence-electron chi connectivity index (χ1n) is 11.9. The molecule has 1 saturated heterocycles. The summed E-state index contributed by atoms with van der Waals surface area (Å²) < 4.78 is 122. The molecule has 1 saturated carbocycles. The number of hydrogen-bond donors (Lipinski definition) is 0. The Hall–Kier alpha value is -2.87. The Morgan fingerprint density at radius 3 is 2.13 bits per heavy atom. The van der Waals surface area contributed by atoms with Gasteiger partial charge in [-0.05, 0) is 37.1 Å². The highest BCUT2D eigenvalue weighted by Crippen LogP contribution is 2.45. The molecule has 0 aromatic heterocycles. The minimum absolute atomic E-state index is 0.122. The van der Waals surface area contributed by atoms with Gasteiger partial charge in [0.15, 0.2) is 0 Å². The van der Waals surface area contributed by atoms with Crippen molar-refractivity contribution < 1.29 is 39.2 Å². The van der Waals surface area contributed by atoms with E-state index in [0.29, 0.717) is 37.7 Å². The van der Waals surface area contributed by atoms with Gasteiger partial charge in [-0.3, -0.25) is 5.01 Å². The van der Waals surface area contributed by atoms with E-state index in [0.717, 1.165) is 17.1 Å². The van der Waals surface area contributed by atoms with E-state index in [9.17, 15) is 39.2 Å². The fraction of sp³-hybridized carbons (Fsp3) is 0.458. The van der Waals surface area contributed by atoms with Crippen LogP contribution >= 0.6 is 0 Å². The molecule has 0 amide bonds. The van der Waals surface area contributed by atoms with Crippen molar-refractivity contribution in [2.45, 2.75) is 42.7 Å². The van der Waals surface area contributed by atoms with E-state index < -0.39 is 51.9 Å². The summed E-state index contributed by atoms with van der Waals surface area (Å²) in [7, 11) is -3.34. The number of alkyl halides is 5. The molecular formula is C24H23F7N4O2S. The van der Waals surface area contributed by atoms with E-state index in [1.807, 2.05) is 4.90 Å². The monoisotopic (exact) mass is 564 g/mol. The van der Waals surface area contributed by atoms with Crippen LogP contribution in [0.3, 0.4) is 0 Å². The number of nitrogens with zero attached hydrogens (tertiary/aromatic N) is 4. The van der Waals surface area contributed by atoms with E-state index in [4.69, 9.17) is 0 Å². The summed E-state index contributed by atoms with van der Waals surface area (Å²) in [6.45, 7) is 1.17. The number of halogens is 7. The summed E-state index contributed by atoms with van der Waals surface area (Å²) in [5, 5.41) is 4.14. The van der Waals surface area contributed by atoms with Gasteiger partial charge in [-0.1, -0.05) is 12.1 Å². The summed E-state index contributed by atoms with van der Waals surface area (Å²) >= 11 is 0. The highest BCUT2D eigenvalue weighted by molar-refractivity contribution is 7.90. The summed E-state index contributed by atoms with van der Waals surface area (Å²) in [5.74, 6) is -7.28. The van der Waals surface area contributed by atoms with Crippen LogP contribution in [-0.4, -0.2) is 62.0 Å². The molecule has 5 rings (SSSR count). The van der Waals surface area contributed by atoms with Gasteiger partial charge < -0.3 is 4.90 Å². The molecule has 0 N–H and O–H groups in total. The van der Waals surface area contributed by atoms with Crippen LogP contribution < -0.4 is 9.91 Å². The van der Waals surface area contributed by atoms with Crippen molar-refractivity contribution in [3.63, 3.8) is 0 Å². The summed E-state index contributed by atoms with van der Waals surface area (Å²) in [4.78, 5) is 1.86. The molecule has 2 fully saturated rings. The van der Waals surface area contributed by atoms with Crippen molar-refractivity contribution in [2.75, 3.05) is 36.1 Å². The lowest BCUT2D eigenvalue weighted by Gasteiger charge is -2.36. The van der Waals surface area contributed by atoms with Crippen molar-refractivity contribution in [2.24, 2.45) is 5.10 Å². The first kappa shape index (κ1) is 26.7. The van der Waals surface area contributed by atoms with Gasteiger partial charge in [0.1, 0.15) is 17.3 Å². The predicted molar refractivity (Wildman–Crippen MR) is 127 cm³/mol. The zero-order valence-electron chi connectivity index (χ0n) is 19.8. The average Bonchev–Trinajstić information content (AvgIpc) is 3.63. The molecule has 2 aromatic rings. The Kier molecular flexibility index (Phi) is 6.61. The smallest absolute Gasteiger partial charge is 0.369 e. The van der Waals surface area contributed by atoms with Crippen molar-refractivity contribution in [1.29, 1.82) is 0 Å².